The van der Waals surface area contributed by atoms with Crippen molar-refractivity contribution < 1.29 is 27.5 Å². The van der Waals surface area contributed by atoms with Gasteiger partial charge in [-0.2, -0.15) is 0 Å². The summed E-state index contributed by atoms with van der Waals surface area (Å²) in [6, 6.07) is 16.5. The number of aryl methyl sites for hydroxylation is 1. The van der Waals surface area contributed by atoms with E-state index in [1.54, 1.807) is 53.9 Å². The maximum absolute atomic E-state index is 12.6. The third kappa shape index (κ3) is 5.71. The Labute approximate surface area is 184 Å². The number of thiophene rings is 1. The number of ketones is 1. The molecule has 0 aliphatic carbocycles. The van der Waals surface area contributed by atoms with Crippen molar-refractivity contribution in [3.63, 3.8) is 0 Å². The largest absolute Gasteiger partial charge is 0.482 e. The van der Waals surface area contributed by atoms with Crippen LogP contribution in [0, 0.1) is 6.92 Å². The van der Waals surface area contributed by atoms with Crippen molar-refractivity contribution >= 4 is 38.8 Å². The van der Waals surface area contributed by atoms with Crippen LogP contribution in [0.3, 0.4) is 0 Å². The average molecular weight is 460 g/mol. The summed E-state index contributed by atoms with van der Waals surface area (Å²) >= 11 is 1.14. The predicted molar refractivity (Wildman–Crippen MR) is 118 cm³/mol. The number of rotatable bonds is 9. The molecule has 0 aliphatic rings. The third-order valence-corrected chi connectivity index (χ3v) is 7.56. The van der Waals surface area contributed by atoms with E-state index >= 15 is 0 Å². The summed E-state index contributed by atoms with van der Waals surface area (Å²) in [4.78, 5) is 23.9. The van der Waals surface area contributed by atoms with Crippen molar-refractivity contribution in [1.29, 1.82) is 0 Å². The Morgan fingerprint density at radius 1 is 0.968 bits per heavy atom. The standard InChI is InChI=1S/C22H21NO6S2/c1-16-5-7-17(8-6-16)20(24)14-29-21(25)15-28-19-11-9-18(10-12-19)23(2)31(26,27)22-4-3-13-30-22/h3-13H,14-15H2,1-2H3. The lowest BCUT2D eigenvalue weighted by atomic mass is 10.1. The molecular weight excluding hydrogens is 438 g/mol. The second kappa shape index (κ2) is 9.76. The Kier molecular flexibility index (Phi) is 7.09. The number of anilines is 1. The number of carbonyl (C=O) groups is 2. The lowest BCUT2D eigenvalue weighted by Gasteiger charge is -2.18. The molecule has 0 saturated heterocycles. The minimum absolute atomic E-state index is 0.248. The van der Waals surface area contributed by atoms with Gasteiger partial charge in [-0.3, -0.25) is 9.10 Å². The van der Waals surface area contributed by atoms with Gasteiger partial charge in [0.2, 0.25) is 0 Å². The molecule has 0 fully saturated rings. The zero-order valence-corrected chi connectivity index (χ0v) is 18.6. The van der Waals surface area contributed by atoms with Crippen LogP contribution in [0.2, 0.25) is 0 Å². The van der Waals surface area contributed by atoms with E-state index in [2.05, 4.69) is 0 Å². The highest BCUT2D eigenvalue weighted by molar-refractivity contribution is 7.94. The van der Waals surface area contributed by atoms with Crippen molar-refractivity contribution in [3.05, 3.63) is 77.2 Å². The highest BCUT2D eigenvalue weighted by Crippen LogP contribution is 2.26. The van der Waals surface area contributed by atoms with Gasteiger partial charge in [0.15, 0.2) is 19.0 Å². The van der Waals surface area contributed by atoms with Crippen LogP contribution in [0.1, 0.15) is 15.9 Å². The van der Waals surface area contributed by atoms with Crippen LogP contribution in [0.5, 0.6) is 5.75 Å². The summed E-state index contributed by atoms with van der Waals surface area (Å²) in [6.45, 7) is 1.18. The minimum atomic E-state index is -3.62. The number of carbonyl (C=O) groups excluding carboxylic acids is 2. The molecule has 7 nitrogen and oxygen atoms in total. The zero-order chi connectivity index (χ0) is 22.4. The van der Waals surface area contributed by atoms with Gasteiger partial charge in [0.25, 0.3) is 10.0 Å². The van der Waals surface area contributed by atoms with Crippen LogP contribution < -0.4 is 9.04 Å². The second-order valence-electron chi connectivity index (χ2n) is 6.64. The summed E-state index contributed by atoms with van der Waals surface area (Å²) in [6.07, 6.45) is 0. The molecule has 3 rings (SSSR count). The first kappa shape index (κ1) is 22.5. The molecule has 0 spiro atoms. The van der Waals surface area contributed by atoms with Crippen molar-refractivity contribution in [2.75, 3.05) is 24.6 Å². The van der Waals surface area contributed by atoms with Gasteiger partial charge >= 0.3 is 5.97 Å². The van der Waals surface area contributed by atoms with E-state index in [0.717, 1.165) is 16.9 Å². The molecule has 3 aromatic rings. The molecule has 1 aromatic heterocycles. The van der Waals surface area contributed by atoms with Crippen molar-refractivity contribution in [2.45, 2.75) is 11.1 Å². The fraction of sp³-hybridized carbons (Fsp3) is 0.182. The Bertz CT molecular complexity index is 1140. The first-order chi connectivity index (χ1) is 14.8. The van der Waals surface area contributed by atoms with Gasteiger partial charge in [0.05, 0.1) is 5.69 Å². The normalized spacial score (nSPS) is 11.0. The number of hydrogen-bond acceptors (Lipinski definition) is 7. The summed E-state index contributed by atoms with van der Waals surface area (Å²) in [5.74, 6) is -0.609. The van der Waals surface area contributed by atoms with Gasteiger partial charge in [-0.1, -0.05) is 35.9 Å². The van der Waals surface area contributed by atoms with E-state index in [1.165, 1.54) is 11.4 Å². The monoisotopic (exact) mass is 459 g/mol. The molecule has 0 radical (unpaired) electrons. The molecule has 0 amide bonds. The van der Waals surface area contributed by atoms with Crippen molar-refractivity contribution in [1.82, 2.24) is 0 Å². The van der Waals surface area contributed by atoms with E-state index in [-0.39, 0.29) is 23.2 Å². The average Bonchev–Trinajstić information content (AvgIpc) is 3.32. The Hall–Kier alpha value is -3.17. The van der Waals surface area contributed by atoms with Crippen LogP contribution in [0.4, 0.5) is 5.69 Å². The predicted octanol–water partition coefficient (Wildman–Crippen LogP) is 3.69. The molecule has 9 heteroatoms. The number of esters is 1. The molecular formula is C22H21NO6S2. The number of Topliss-reactive ketones (excluding diaryl/α,β-unsaturated/α-hetero) is 1. The molecule has 0 atom stereocenters. The summed E-state index contributed by atoms with van der Waals surface area (Å²) in [5, 5.41) is 1.70. The minimum Gasteiger partial charge on any atom is -0.482 e. The third-order valence-electron chi connectivity index (χ3n) is 4.40. The number of ether oxygens (including phenoxy) is 2. The first-order valence-corrected chi connectivity index (χ1v) is 11.6. The maximum atomic E-state index is 12.6. The Balaban J connectivity index is 1.50. The van der Waals surface area contributed by atoms with Gasteiger partial charge in [-0.15, -0.1) is 11.3 Å². The molecule has 0 bridgehead atoms. The van der Waals surface area contributed by atoms with Gasteiger partial charge in [0.1, 0.15) is 9.96 Å². The Morgan fingerprint density at radius 2 is 1.65 bits per heavy atom. The van der Waals surface area contributed by atoms with Gasteiger partial charge < -0.3 is 9.47 Å². The smallest absolute Gasteiger partial charge is 0.344 e. The maximum Gasteiger partial charge on any atom is 0.344 e. The van der Waals surface area contributed by atoms with E-state index in [0.29, 0.717) is 17.0 Å². The van der Waals surface area contributed by atoms with E-state index < -0.39 is 16.0 Å². The summed E-state index contributed by atoms with van der Waals surface area (Å²) in [5.41, 5.74) is 1.95. The molecule has 0 unspecified atom stereocenters. The lowest BCUT2D eigenvalue weighted by Crippen LogP contribution is -2.25. The molecule has 162 valence electrons. The molecule has 0 saturated carbocycles. The highest BCUT2D eigenvalue weighted by atomic mass is 32.2. The number of benzene rings is 2. The van der Waals surface area contributed by atoms with E-state index in [4.69, 9.17) is 9.47 Å². The quantitative estimate of drug-likeness (QED) is 0.358. The van der Waals surface area contributed by atoms with E-state index in [9.17, 15) is 18.0 Å². The Morgan fingerprint density at radius 3 is 2.26 bits per heavy atom. The topological polar surface area (TPSA) is 90.0 Å². The second-order valence-corrected chi connectivity index (χ2v) is 9.78. The van der Waals surface area contributed by atoms with Crippen LogP contribution in [-0.4, -0.2) is 40.4 Å². The fourth-order valence-corrected chi connectivity index (χ4v) is 4.95. The van der Waals surface area contributed by atoms with Gasteiger partial charge in [0, 0.05) is 12.6 Å². The molecule has 1 heterocycles. The SMILES string of the molecule is Cc1ccc(C(=O)COC(=O)COc2ccc(N(C)S(=O)(=O)c3cccs3)cc2)cc1. The molecule has 0 aliphatic heterocycles. The fourth-order valence-electron chi connectivity index (χ4n) is 2.59. The van der Waals surface area contributed by atoms with Crippen molar-refractivity contribution in [2.24, 2.45) is 0 Å². The van der Waals surface area contributed by atoms with Crippen molar-refractivity contribution in [3.8, 4) is 5.75 Å². The van der Waals surface area contributed by atoms with Crippen LogP contribution in [-0.2, 0) is 19.6 Å². The summed E-state index contributed by atoms with van der Waals surface area (Å²) in [7, 11) is -2.16. The molecule has 31 heavy (non-hydrogen) atoms. The first-order valence-electron chi connectivity index (χ1n) is 9.28. The van der Waals surface area contributed by atoms with Gasteiger partial charge in [-0.05, 0) is 42.6 Å². The molecule has 0 N–H and O–H groups in total. The molecule has 2 aromatic carbocycles. The van der Waals surface area contributed by atoms with Crippen LogP contribution in [0.25, 0.3) is 0 Å². The summed E-state index contributed by atoms with van der Waals surface area (Å²) < 4.78 is 36.9. The number of sulfonamides is 1. The number of nitrogens with zero attached hydrogens (tertiary/aromatic N) is 1. The lowest BCUT2D eigenvalue weighted by molar-refractivity contribution is -0.144. The van der Waals surface area contributed by atoms with Gasteiger partial charge in [-0.25, -0.2) is 13.2 Å². The zero-order valence-electron chi connectivity index (χ0n) is 17.0. The van der Waals surface area contributed by atoms with E-state index in [1.807, 2.05) is 19.1 Å². The van der Waals surface area contributed by atoms with Crippen LogP contribution >= 0.6 is 11.3 Å². The highest BCUT2D eigenvalue weighted by Gasteiger charge is 2.22. The number of hydrogen-bond donors (Lipinski definition) is 0. The van der Waals surface area contributed by atoms with Crippen LogP contribution in [0.15, 0.2) is 70.3 Å².